The first-order chi connectivity index (χ1) is 15.8. The Morgan fingerprint density at radius 2 is 0.857 bits per heavy atom. The van der Waals surface area contributed by atoms with E-state index < -0.39 is 16.1 Å². The van der Waals surface area contributed by atoms with Crippen molar-refractivity contribution in [1.82, 2.24) is 0 Å². The number of unbranched alkanes of at least 4 members (excludes halogenated alkanes) is 2. The molecule has 0 amide bonds. The molecule has 2 aromatic carbocycles. The van der Waals surface area contributed by atoms with E-state index >= 15 is 0 Å². The van der Waals surface area contributed by atoms with Crippen molar-refractivity contribution in [2.24, 2.45) is 0 Å². The van der Waals surface area contributed by atoms with Crippen LogP contribution in [0.1, 0.15) is 50.7 Å². The molecule has 0 aliphatic heterocycles. The summed E-state index contributed by atoms with van der Waals surface area (Å²) in [5.41, 5.74) is 5.60. The summed E-state index contributed by atoms with van der Waals surface area (Å²) in [4.78, 5) is 0. The summed E-state index contributed by atoms with van der Waals surface area (Å²) >= 11 is 0. The van der Waals surface area contributed by atoms with Crippen molar-refractivity contribution in [2.45, 2.75) is 104 Å². The molecule has 0 radical (unpaired) electrons. The molecular weight excluding hydrogens is 619 g/mol. The van der Waals surface area contributed by atoms with E-state index in [2.05, 4.69) is 129 Å². The third-order valence-corrected chi connectivity index (χ3v) is 7.76. The maximum absolute atomic E-state index is 4.15. The Kier molecular flexibility index (Phi) is 25.3. The quantitative estimate of drug-likeness (QED) is 0.134. The topological polar surface area (TPSA) is 0 Å². The Labute approximate surface area is 242 Å². The summed E-state index contributed by atoms with van der Waals surface area (Å²) in [7, 11) is -1.91. The second kappa shape index (κ2) is 22.7. The molecule has 35 heavy (non-hydrogen) atoms. The molecule has 0 unspecified atom stereocenters. The van der Waals surface area contributed by atoms with Crippen LogP contribution in [0.4, 0.5) is 0 Å². The second-order valence-electron chi connectivity index (χ2n) is 11.6. The molecular formula is C32H56HfSi2. The van der Waals surface area contributed by atoms with Crippen LogP contribution in [0.5, 0.6) is 0 Å². The smallest absolute Gasteiger partial charge is 0.343 e. The fourth-order valence-electron chi connectivity index (χ4n) is 3.27. The van der Waals surface area contributed by atoms with Gasteiger partial charge in [0.25, 0.3) is 0 Å². The largest absolute Gasteiger partial charge is 4.00 e. The normalized spacial score (nSPS) is 10.3. The van der Waals surface area contributed by atoms with Gasteiger partial charge in [-0.2, -0.15) is 48.2 Å². The van der Waals surface area contributed by atoms with Crippen LogP contribution < -0.4 is 0 Å². The van der Waals surface area contributed by atoms with Crippen LogP contribution in [0, 0.1) is 13.8 Å². The van der Waals surface area contributed by atoms with E-state index in [4.69, 9.17) is 0 Å². The van der Waals surface area contributed by atoms with E-state index in [1.54, 1.807) is 0 Å². The second-order valence-corrected chi connectivity index (χ2v) is 22.6. The van der Waals surface area contributed by atoms with Gasteiger partial charge in [-0.25, -0.2) is 24.3 Å². The first-order valence-electron chi connectivity index (χ1n) is 13.1. The molecule has 0 spiro atoms. The molecule has 0 bridgehead atoms. The maximum atomic E-state index is 4.15. The molecule has 0 nitrogen and oxygen atoms in total. The molecule has 0 saturated carbocycles. The van der Waals surface area contributed by atoms with Gasteiger partial charge in [0.15, 0.2) is 0 Å². The zero-order chi connectivity index (χ0) is 26.6. The molecule has 0 aliphatic rings. The monoisotopic (exact) mass is 676 g/mol. The van der Waals surface area contributed by atoms with E-state index in [0.29, 0.717) is 0 Å². The Balaban J connectivity index is -0.000000440. The molecule has 0 heterocycles. The predicted octanol–water partition coefficient (Wildman–Crippen LogP) is 10.9. The van der Waals surface area contributed by atoms with E-state index in [-0.39, 0.29) is 25.8 Å². The van der Waals surface area contributed by atoms with Gasteiger partial charge >= 0.3 is 25.8 Å². The molecule has 0 fully saturated rings. The first kappa shape index (κ1) is 39.0. The minimum absolute atomic E-state index is 0. The number of rotatable bonds is 10. The molecule has 0 saturated heterocycles. The van der Waals surface area contributed by atoms with Crippen molar-refractivity contribution < 1.29 is 25.8 Å². The predicted molar refractivity (Wildman–Crippen MR) is 167 cm³/mol. The van der Waals surface area contributed by atoms with Gasteiger partial charge < -0.3 is 13.8 Å². The molecule has 3 heteroatoms. The van der Waals surface area contributed by atoms with Crippen LogP contribution in [-0.4, -0.2) is 16.1 Å². The van der Waals surface area contributed by atoms with Crippen LogP contribution in [-0.2, 0) is 38.7 Å². The van der Waals surface area contributed by atoms with Gasteiger partial charge in [0.1, 0.15) is 0 Å². The zero-order valence-electron chi connectivity index (χ0n) is 24.6. The Hall–Kier alpha value is -0.516. The average Bonchev–Trinajstić information content (AvgIpc) is 3.40. The van der Waals surface area contributed by atoms with Crippen molar-refractivity contribution in [2.75, 3.05) is 0 Å². The first-order valence-corrected chi connectivity index (χ1v) is 20.5. The maximum Gasteiger partial charge on any atom is 4.00 e. The molecule has 0 aliphatic carbocycles. The van der Waals surface area contributed by atoms with Crippen LogP contribution in [0.3, 0.4) is 0 Å². The summed E-state index contributed by atoms with van der Waals surface area (Å²) < 4.78 is 0. The Morgan fingerprint density at radius 3 is 1.03 bits per heavy atom. The minimum Gasteiger partial charge on any atom is -0.343 e. The fraction of sp³-hybridized carbons (Fsp3) is 0.500. The van der Waals surface area contributed by atoms with Crippen molar-refractivity contribution in [1.29, 1.82) is 0 Å². The van der Waals surface area contributed by atoms with Crippen molar-refractivity contribution in [3.63, 3.8) is 0 Å². The Morgan fingerprint density at radius 1 is 0.629 bits per heavy atom. The minimum atomic E-state index is -0.953. The zero-order valence-corrected chi connectivity index (χ0v) is 30.2. The molecule has 0 atom stereocenters. The van der Waals surface area contributed by atoms with Crippen molar-refractivity contribution in [3.05, 3.63) is 97.8 Å². The van der Waals surface area contributed by atoms with Crippen LogP contribution in [0.25, 0.3) is 0 Å². The van der Waals surface area contributed by atoms with Crippen molar-refractivity contribution in [3.8, 4) is 0 Å². The van der Waals surface area contributed by atoms with E-state index in [1.807, 2.05) is 0 Å². The van der Waals surface area contributed by atoms with Gasteiger partial charge in [0.05, 0.1) is 0 Å². The molecule has 0 N–H and O–H groups in total. The standard InChI is InChI=1S/2C12H19Si.2C4H9.Hf/c2*1-11(10-13(2,3)4)9-12-7-5-6-8-12;2*1-3-4-2;/h2*5-8H,1,9-10H2,2-4H3;2*1,3-4H2,2H3;/q4*-1;+4. The van der Waals surface area contributed by atoms with Gasteiger partial charge in [-0.3, -0.25) is 0 Å². The van der Waals surface area contributed by atoms with Crippen LogP contribution in [0.15, 0.2) is 72.8 Å². The van der Waals surface area contributed by atoms with Gasteiger partial charge in [0.2, 0.25) is 0 Å². The van der Waals surface area contributed by atoms with Crippen LogP contribution >= 0.6 is 0 Å². The van der Waals surface area contributed by atoms with E-state index in [0.717, 1.165) is 25.7 Å². The summed E-state index contributed by atoms with van der Waals surface area (Å²) in [5, 5.41) is 0. The van der Waals surface area contributed by atoms with Gasteiger partial charge in [0, 0.05) is 16.1 Å². The van der Waals surface area contributed by atoms with Crippen molar-refractivity contribution >= 4 is 16.1 Å². The molecule has 2 aromatic rings. The third kappa shape index (κ3) is 29.6. The summed E-state index contributed by atoms with van der Waals surface area (Å²) in [5.74, 6) is 0. The number of hydrogen-bond acceptors (Lipinski definition) is 0. The van der Waals surface area contributed by atoms with Gasteiger partial charge in [-0.15, -0.1) is 13.2 Å². The SMILES string of the molecule is C=C(C[c-]1cccc1)C[Si](C)(C)C.C=C(C[c-]1cccc1)C[Si](C)(C)C.[CH2-]CCC.[CH2-]CCC.[Hf+4]. The summed E-state index contributed by atoms with van der Waals surface area (Å²) in [6.07, 6.45) is 6.69. The van der Waals surface area contributed by atoms with Gasteiger partial charge in [-0.05, 0) is 12.1 Å². The molecule has 196 valence electrons. The number of hydrogen-bond donors (Lipinski definition) is 0. The molecule has 0 aromatic heterocycles. The molecule has 2 rings (SSSR count). The average molecular weight is 675 g/mol. The summed E-state index contributed by atoms with van der Waals surface area (Å²) in [6.45, 7) is 34.1. The van der Waals surface area contributed by atoms with E-state index in [9.17, 15) is 0 Å². The van der Waals surface area contributed by atoms with E-state index in [1.165, 1.54) is 47.2 Å². The van der Waals surface area contributed by atoms with Crippen LogP contribution in [0.2, 0.25) is 51.4 Å². The number of allylic oxidation sites excluding steroid dienone is 2. The van der Waals surface area contributed by atoms with Gasteiger partial charge in [-0.1, -0.05) is 90.0 Å². The fourth-order valence-corrected chi connectivity index (χ4v) is 6.52. The third-order valence-electron chi connectivity index (χ3n) is 4.64. The Bertz CT molecular complexity index is 642. The summed E-state index contributed by atoms with van der Waals surface area (Å²) in [6, 6.07) is 19.6.